The average molecular weight is 330 g/mol. The standard InChI is InChI=1S/C13H15FN2O5S/c14-22(18,19)21-11-5-10(6-15-7-11)13(17)16-3-4-20-8-12(16)9-1-2-9/h5-7,9,12H,1-4,8H2. The summed E-state index contributed by atoms with van der Waals surface area (Å²) in [5, 5.41) is 0. The van der Waals surface area contributed by atoms with Crippen LogP contribution in [-0.4, -0.2) is 50.0 Å². The van der Waals surface area contributed by atoms with Crippen molar-refractivity contribution in [1.82, 2.24) is 9.88 Å². The van der Waals surface area contributed by atoms with Crippen LogP contribution in [0.3, 0.4) is 0 Å². The first-order valence-electron chi connectivity index (χ1n) is 6.92. The molecule has 1 saturated heterocycles. The molecule has 1 saturated carbocycles. The van der Waals surface area contributed by atoms with Gasteiger partial charge in [-0.05, 0) is 24.8 Å². The summed E-state index contributed by atoms with van der Waals surface area (Å²) in [5.41, 5.74) is 0.161. The molecular weight excluding hydrogens is 315 g/mol. The second-order valence-corrected chi connectivity index (χ2v) is 6.32. The summed E-state index contributed by atoms with van der Waals surface area (Å²) in [6.07, 6.45) is 4.48. The van der Waals surface area contributed by atoms with E-state index in [0.29, 0.717) is 25.7 Å². The van der Waals surface area contributed by atoms with Gasteiger partial charge in [-0.3, -0.25) is 9.78 Å². The normalized spacial score (nSPS) is 22.4. The molecule has 1 aromatic rings. The van der Waals surface area contributed by atoms with Gasteiger partial charge in [-0.25, -0.2) is 0 Å². The Morgan fingerprint density at radius 2 is 2.18 bits per heavy atom. The van der Waals surface area contributed by atoms with Gasteiger partial charge in [-0.1, -0.05) is 3.89 Å². The summed E-state index contributed by atoms with van der Waals surface area (Å²) in [6, 6.07) is 1.20. The van der Waals surface area contributed by atoms with E-state index in [1.54, 1.807) is 4.90 Å². The first kappa shape index (κ1) is 15.2. The van der Waals surface area contributed by atoms with Gasteiger partial charge in [0.1, 0.15) is 0 Å². The molecule has 1 aromatic heterocycles. The minimum Gasteiger partial charge on any atom is -0.377 e. The maximum absolute atomic E-state index is 12.6. The number of pyridine rings is 1. The third kappa shape index (κ3) is 3.53. The van der Waals surface area contributed by atoms with E-state index in [0.717, 1.165) is 19.0 Å². The fraction of sp³-hybridized carbons (Fsp3) is 0.538. The number of ether oxygens (including phenoxy) is 1. The minimum absolute atomic E-state index is 0.0238. The smallest absolute Gasteiger partial charge is 0.377 e. The third-order valence-corrected chi connectivity index (χ3v) is 4.14. The maximum atomic E-state index is 12.6. The number of morpholine rings is 1. The van der Waals surface area contributed by atoms with Crippen molar-refractivity contribution >= 4 is 16.4 Å². The molecule has 0 N–H and O–H groups in total. The summed E-state index contributed by atoms with van der Waals surface area (Å²) in [6.45, 7) is 1.42. The van der Waals surface area contributed by atoms with Gasteiger partial charge >= 0.3 is 10.5 Å². The van der Waals surface area contributed by atoms with Gasteiger partial charge in [0, 0.05) is 12.7 Å². The van der Waals surface area contributed by atoms with E-state index >= 15 is 0 Å². The highest BCUT2D eigenvalue weighted by Gasteiger charge is 2.39. The molecule has 2 aliphatic rings. The van der Waals surface area contributed by atoms with Crippen molar-refractivity contribution in [3.8, 4) is 5.75 Å². The van der Waals surface area contributed by atoms with Crippen molar-refractivity contribution in [2.24, 2.45) is 5.92 Å². The van der Waals surface area contributed by atoms with Crippen LogP contribution in [-0.2, 0) is 15.2 Å². The van der Waals surface area contributed by atoms with Crippen molar-refractivity contribution in [3.05, 3.63) is 24.0 Å². The SMILES string of the molecule is O=C(c1cncc(OS(=O)(=O)F)c1)N1CCOCC1C1CC1. The maximum Gasteiger partial charge on any atom is 0.488 e. The topological polar surface area (TPSA) is 85.8 Å². The summed E-state index contributed by atoms with van der Waals surface area (Å²) in [4.78, 5) is 18.0. The molecular formula is C13H15FN2O5S. The molecule has 9 heteroatoms. The highest BCUT2D eigenvalue weighted by molar-refractivity contribution is 7.81. The Bertz CT molecular complexity index is 677. The Balaban J connectivity index is 1.80. The Morgan fingerprint density at radius 1 is 1.41 bits per heavy atom. The third-order valence-electron chi connectivity index (χ3n) is 3.75. The molecule has 7 nitrogen and oxygen atoms in total. The zero-order chi connectivity index (χ0) is 15.7. The van der Waals surface area contributed by atoms with E-state index < -0.39 is 10.5 Å². The highest BCUT2D eigenvalue weighted by Crippen LogP contribution is 2.37. The van der Waals surface area contributed by atoms with Crippen LogP contribution >= 0.6 is 0 Å². The number of nitrogens with zero attached hydrogens (tertiary/aromatic N) is 2. The van der Waals surface area contributed by atoms with Gasteiger partial charge in [0.05, 0.1) is 31.0 Å². The van der Waals surface area contributed by atoms with E-state index in [1.807, 2.05) is 0 Å². The summed E-state index contributed by atoms with van der Waals surface area (Å²) in [5.74, 6) is -0.165. The predicted octanol–water partition coefficient (Wildman–Crippen LogP) is 0.926. The lowest BCUT2D eigenvalue weighted by Crippen LogP contribution is -2.49. The molecule has 0 radical (unpaired) electrons. The zero-order valence-corrected chi connectivity index (χ0v) is 12.5. The van der Waals surface area contributed by atoms with Gasteiger partial charge in [-0.2, -0.15) is 8.42 Å². The van der Waals surface area contributed by atoms with E-state index in [-0.39, 0.29) is 23.3 Å². The number of halogens is 1. The molecule has 0 aromatic carbocycles. The molecule has 2 heterocycles. The Hall–Kier alpha value is -1.74. The number of rotatable bonds is 4. The van der Waals surface area contributed by atoms with E-state index in [2.05, 4.69) is 9.17 Å². The van der Waals surface area contributed by atoms with Crippen LogP contribution in [0.25, 0.3) is 0 Å². The first-order valence-corrected chi connectivity index (χ1v) is 8.23. The van der Waals surface area contributed by atoms with E-state index in [1.165, 1.54) is 12.3 Å². The van der Waals surface area contributed by atoms with Crippen LogP contribution < -0.4 is 4.18 Å². The molecule has 1 atom stereocenters. The minimum atomic E-state index is -5.14. The number of aromatic nitrogens is 1. The Morgan fingerprint density at radius 3 is 2.86 bits per heavy atom. The fourth-order valence-corrected chi connectivity index (χ4v) is 2.93. The summed E-state index contributed by atoms with van der Waals surface area (Å²) in [7, 11) is -5.14. The van der Waals surface area contributed by atoms with Gasteiger partial charge in [0.15, 0.2) is 5.75 Å². The van der Waals surface area contributed by atoms with Crippen molar-refractivity contribution in [2.45, 2.75) is 18.9 Å². The number of carbonyl (C=O) groups excluding carboxylic acids is 1. The second-order valence-electron chi connectivity index (χ2n) is 5.36. The number of hydrogen-bond acceptors (Lipinski definition) is 6. The fourth-order valence-electron chi connectivity index (χ4n) is 2.61. The quantitative estimate of drug-likeness (QED) is 0.763. The number of amides is 1. The highest BCUT2D eigenvalue weighted by atomic mass is 32.3. The summed E-state index contributed by atoms with van der Waals surface area (Å²) >= 11 is 0. The molecule has 22 heavy (non-hydrogen) atoms. The van der Waals surface area contributed by atoms with Gasteiger partial charge < -0.3 is 13.8 Å². The molecule has 2 fully saturated rings. The Kier molecular flexibility index (Phi) is 4.00. The first-order chi connectivity index (χ1) is 10.4. The van der Waals surface area contributed by atoms with Crippen molar-refractivity contribution in [2.75, 3.05) is 19.8 Å². The van der Waals surface area contributed by atoms with Gasteiger partial charge in [0.2, 0.25) is 0 Å². The van der Waals surface area contributed by atoms with Crippen LogP contribution in [0.15, 0.2) is 18.5 Å². The van der Waals surface area contributed by atoms with Crippen molar-refractivity contribution in [1.29, 1.82) is 0 Å². The molecule has 3 rings (SSSR count). The average Bonchev–Trinajstić information content (AvgIpc) is 3.29. The lowest BCUT2D eigenvalue weighted by atomic mass is 10.1. The van der Waals surface area contributed by atoms with E-state index in [9.17, 15) is 17.1 Å². The largest absolute Gasteiger partial charge is 0.488 e. The number of hydrogen-bond donors (Lipinski definition) is 0. The molecule has 0 spiro atoms. The van der Waals surface area contributed by atoms with Crippen molar-refractivity contribution < 1.29 is 26.0 Å². The van der Waals surface area contributed by atoms with E-state index in [4.69, 9.17) is 4.74 Å². The lowest BCUT2D eigenvalue weighted by molar-refractivity contribution is -0.00837. The Labute approximate surface area is 127 Å². The molecule has 120 valence electrons. The lowest BCUT2D eigenvalue weighted by Gasteiger charge is -2.35. The monoisotopic (exact) mass is 330 g/mol. The van der Waals surface area contributed by atoms with Crippen LogP contribution in [0.2, 0.25) is 0 Å². The number of carbonyl (C=O) groups is 1. The van der Waals surface area contributed by atoms with Crippen LogP contribution in [0.5, 0.6) is 5.75 Å². The van der Waals surface area contributed by atoms with Crippen molar-refractivity contribution in [3.63, 3.8) is 0 Å². The van der Waals surface area contributed by atoms with Crippen LogP contribution in [0, 0.1) is 5.92 Å². The second kappa shape index (κ2) is 5.81. The summed E-state index contributed by atoms with van der Waals surface area (Å²) < 4.78 is 43.1. The molecule has 1 amide bonds. The molecule has 0 bridgehead atoms. The van der Waals surface area contributed by atoms with Gasteiger partial charge in [0.25, 0.3) is 5.91 Å². The molecule has 1 aliphatic heterocycles. The predicted molar refractivity (Wildman–Crippen MR) is 73.3 cm³/mol. The zero-order valence-electron chi connectivity index (χ0n) is 11.6. The molecule has 1 aliphatic carbocycles. The van der Waals surface area contributed by atoms with Crippen LogP contribution in [0.4, 0.5) is 3.89 Å². The van der Waals surface area contributed by atoms with Gasteiger partial charge in [-0.15, -0.1) is 0 Å². The van der Waals surface area contributed by atoms with Crippen LogP contribution in [0.1, 0.15) is 23.2 Å². The molecule has 1 unspecified atom stereocenters.